The summed E-state index contributed by atoms with van der Waals surface area (Å²) in [6.07, 6.45) is 0.452. The van der Waals surface area contributed by atoms with Crippen LogP contribution in [0.4, 0.5) is 0 Å². The quantitative estimate of drug-likeness (QED) is 0.441. The van der Waals surface area contributed by atoms with Gasteiger partial charge in [0.15, 0.2) is 12.3 Å². The zero-order valence-corrected chi connectivity index (χ0v) is 11.2. The molecule has 0 aliphatic heterocycles. The molecule has 1 heterocycles. The third-order valence-electron chi connectivity index (χ3n) is 2.54. The molecule has 104 valence electrons. The Morgan fingerprint density at radius 1 is 1.26 bits per heavy atom. The van der Waals surface area contributed by atoms with Gasteiger partial charge in [0.25, 0.3) is 0 Å². The Balaban J connectivity index is 3.16. The zero-order chi connectivity index (χ0) is 14.4. The average Bonchev–Trinajstić information content (AvgIpc) is 2.74. The first kappa shape index (κ1) is 14.9. The molecule has 0 N–H and O–H groups in total. The van der Waals surface area contributed by atoms with Crippen LogP contribution in [0.1, 0.15) is 36.1 Å². The molecule has 0 bridgehead atoms. The summed E-state index contributed by atoms with van der Waals surface area (Å²) < 4.78 is 11.0. The molecule has 0 spiro atoms. The summed E-state index contributed by atoms with van der Waals surface area (Å²) in [4.78, 5) is 34.6. The van der Waals surface area contributed by atoms with Gasteiger partial charge >= 0.3 is 11.9 Å². The van der Waals surface area contributed by atoms with Crippen LogP contribution in [0.5, 0.6) is 0 Å². The number of aryl methyl sites for hydroxylation is 1. The molecular weight excluding hydrogens is 250 g/mol. The van der Waals surface area contributed by atoms with Gasteiger partial charge in [0.05, 0.1) is 13.2 Å². The molecule has 1 atom stereocenters. The van der Waals surface area contributed by atoms with Crippen molar-refractivity contribution in [3.05, 3.63) is 23.5 Å². The maximum atomic E-state index is 11.8. The van der Waals surface area contributed by atoms with Crippen molar-refractivity contribution in [3.63, 3.8) is 0 Å². The number of aromatic nitrogens is 1. The number of hydrogen-bond acceptors (Lipinski definition) is 5. The normalized spacial score (nSPS) is 11.7. The van der Waals surface area contributed by atoms with Crippen LogP contribution in [0, 0.1) is 6.92 Å². The minimum absolute atomic E-state index is 0.157. The first-order valence-corrected chi connectivity index (χ1v) is 6.03. The number of carbonyl (C=O) groups is 3. The van der Waals surface area contributed by atoms with Gasteiger partial charge in [-0.1, -0.05) is 0 Å². The zero-order valence-electron chi connectivity index (χ0n) is 11.2. The lowest BCUT2D eigenvalue weighted by Crippen LogP contribution is -2.27. The minimum atomic E-state index is -1.17. The molecule has 0 radical (unpaired) electrons. The summed E-state index contributed by atoms with van der Waals surface area (Å²) >= 11 is 0. The van der Waals surface area contributed by atoms with Crippen LogP contribution >= 0.6 is 0 Å². The minimum Gasteiger partial charge on any atom is -0.464 e. The van der Waals surface area contributed by atoms with E-state index in [0.29, 0.717) is 12.0 Å². The van der Waals surface area contributed by atoms with E-state index < -0.39 is 18.0 Å². The predicted octanol–water partition coefficient (Wildman–Crippen LogP) is 1.28. The van der Waals surface area contributed by atoms with E-state index in [1.54, 1.807) is 26.8 Å². The summed E-state index contributed by atoms with van der Waals surface area (Å²) in [5, 5.41) is 0. The number of nitrogens with zero attached hydrogens (tertiary/aromatic N) is 1. The lowest BCUT2D eigenvalue weighted by atomic mass is 10.3. The van der Waals surface area contributed by atoms with E-state index in [4.69, 9.17) is 9.47 Å². The van der Waals surface area contributed by atoms with E-state index >= 15 is 0 Å². The van der Waals surface area contributed by atoms with E-state index in [2.05, 4.69) is 0 Å². The largest absolute Gasteiger partial charge is 0.464 e. The van der Waals surface area contributed by atoms with Crippen LogP contribution in [-0.4, -0.2) is 36.0 Å². The third-order valence-corrected chi connectivity index (χ3v) is 2.54. The first-order chi connectivity index (χ1) is 9.06. The number of ether oxygens (including phenoxy) is 2. The molecule has 1 rings (SSSR count). The highest BCUT2D eigenvalue weighted by Crippen LogP contribution is 2.17. The van der Waals surface area contributed by atoms with Crippen LogP contribution in [-0.2, 0) is 19.1 Å². The van der Waals surface area contributed by atoms with Gasteiger partial charge in [-0.3, -0.25) is 0 Å². The van der Waals surface area contributed by atoms with Crippen LogP contribution in [0.15, 0.2) is 12.1 Å². The SMILES string of the molecule is CCOC(=O)c1ccc(C)n1C(C=O)C(=O)OCC. The van der Waals surface area contributed by atoms with Crippen LogP contribution < -0.4 is 0 Å². The van der Waals surface area contributed by atoms with Gasteiger partial charge in [0, 0.05) is 5.69 Å². The molecule has 0 fully saturated rings. The lowest BCUT2D eigenvalue weighted by Gasteiger charge is -2.16. The summed E-state index contributed by atoms with van der Waals surface area (Å²) in [6.45, 7) is 5.40. The fraction of sp³-hybridized carbons (Fsp3) is 0.462. The molecular formula is C13H17NO5. The maximum absolute atomic E-state index is 11.8. The molecule has 1 aromatic rings. The van der Waals surface area contributed by atoms with Gasteiger partial charge in [-0.05, 0) is 32.9 Å². The van der Waals surface area contributed by atoms with Gasteiger partial charge < -0.3 is 18.8 Å². The molecule has 6 heteroatoms. The number of carbonyl (C=O) groups excluding carboxylic acids is 3. The fourth-order valence-corrected chi connectivity index (χ4v) is 1.74. The topological polar surface area (TPSA) is 74.6 Å². The second kappa shape index (κ2) is 6.72. The summed E-state index contributed by atoms with van der Waals surface area (Å²) in [5.41, 5.74) is 0.762. The molecule has 1 unspecified atom stereocenters. The Kier molecular flexibility index (Phi) is 5.29. The number of aldehydes is 1. The second-order valence-corrected chi connectivity index (χ2v) is 3.78. The van der Waals surface area contributed by atoms with Crippen molar-refractivity contribution in [2.45, 2.75) is 26.8 Å². The molecule has 19 heavy (non-hydrogen) atoms. The highest BCUT2D eigenvalue weighted by Gasteiger charge is 2.27. The Bertz CT molecular complexity index is 477. The molecule has 6 nitrogen and oxygen atoms in total. The van der Waals surface area contributed by atoms with E-state index in [9.17, 15) is 14.4 Å². The van der Waals surface area contributed by atoms with Crippen molar-refractivity contribution >= 4 is 18.2 Å². The van der Waals surface area contributed by atoms with E-state index in [1.165, 1.54) is 10.6 Å². The van der Waals surface area contributed by atoms with Crippen molar-refractivity contribution in [2.75, 3.05) is 13.2 Å². The van der Waals surface area contributed by atoms with E-state index in [-0.39, 0.29) is 18.9 Å². The Labute approximate surface area is 111 Å². The first-order valence-electron chi connectivity index (χ1n) is 6.03. The van der Waals surface area contributed by atoms with Crippen molar-refractivity contribution in [2.24, 2.45) is 0 Å². The van der Waals surface area contributed by atoms with Crippen molar-refractivity contribution < 1.29 is 23.9 Å². The number of rotatable bonds is 6. The van der Waals surface area contributed by atoms with Crippen LogP contribution in [0.3, 0.4) is 0 Å². The van der Waals surface area contributed by atoms with E-state index in [0.717, 1.165) is 0 Å². The third kappa shape index (κ3) is 3.21. The molecule has 0 amide bonds. The maximum Gasteiger partial charge on any atom is 0.354 e. The summed E-state index contributed by atoms with van der Waals surface area (Å²) in [5.74, 6) is -1.27. The molecule has 0 saturated carbocycles. The lowest BCUT2D eigenvalue weighted by molar-refractivity contribution is -0.148. The van der Waals surface area contributed by atoms with Crippen LogP contribution in [0.2, 0.25) is 0 Å². The van der Waals surface area contributed by atoms with Crippen molar-refractivity contribution in [3.8, 4) is 0 Å². The van der Waals surface area contributed by atoms with Crippen molar-refractivity contribution in [1.82, 2.24) is 4.57 Å². The van der Waals surface area contributed by atoms with Gasteiger partial charge in [-0.2, -0.15) is 0 Å². The second-order valence-electron chi connectivity index (χ2n) is 3.78. The Hall–Kier alpha value is -2.11. The van der Waals surface area contributed by atoms with E-state index in [1.807, 2.05) is 0 Å². The standard InChI is InChI=1S/C13H17NO5/c1-4-18-12(16)10-7-6-9(3)14(10)11(8-15)13(17)19-5-2/h6-8,11H,4-5H2,1-3H3. The summed E-state index contributed by atoms with van der Waals surface area (Å²) in [7, 11) is 0. The Morgan fingerprint density at radius 2 is 1.89 bits per heavy atom. The fourth-order valence-electron chi connectivity index (χ4n) is 1.74. The highest BCUT2D eigenvalue weighted by atomic mass is 16.5. The highest BCUT2D eigenvalue weighted by molar-refractivity contribution is 5.94. The van der Waals surface area contributed by atoms with Crippen molar-refractivity contribution in [1.29, 1.82) is 0 Å². The molecule has 0 aliphatic rings. The molecule has 1 aromatic heterocycles. The van der Waals surface area contributed by atoms with Gasteiger partial charge in [-0.15, -0.1) is 0 Å². The van der Waals surface area contributed by atoms with Gasteiger partial charge in [-0.25, -0.2) is 9.59 Å². The van der Waals surface area contributed by atoms with Gasteiger partial charge in [0.2, 0.25) is 0 Å². The summed E-state index contributed by atoms with van der Waals surface area (Å²) in [6, 6.07) is 1.99. The predicted molar refractivity (Wildman–Crippen MR) is 66.9 cm³/mol. The molecule has 0 saturated heterocycles. The number of esters is 2. The smallest absolute Gasteiger partial charge is 0.354 e. The monoisotopic (exact) mass is 267 g/mol. The number of hydrogen-bond donors (Lipinski definition) is 0. The van der Waals surface area contributed by atoms with Gasteiger partial charge in [0.1, 0.15) is 5.69 Å². The Morgan fingerprint density at radius 3 is 2.42 bits per heavy atom. The average molecular weight is 267 g/mol. The molecule has 0 aliphatic carbocycles. The van der Waals surface area contributed by atoms with Crippen LogP contribution in [0.25, 0.3) is 0 Å². The molecule has 0 aromatic carbocycles.